The van der Waals surface area contributed by atoms with E-state index in [0.717, 1.165) is 0 Å². The third-order valence-electron chi connectivity index (χ3n) is 2.06. The molecule has 0 fully saturated rings. The highest BCUT2D eigenvalue weighted by atomic mass is 35.5. The molecule has 1 nitrogen and oxygen atoms in total. The molecule has 0 saturated heterocycles. The summed E-state index contributed by atoms with van der Waals surface area (Å²) in [5.74, 6) is 0. The molecule has 9 heavy (non-hydrogen) atoms. The molecule has 0 N–H and O–H groups in total. The Balaban J connectivity index is 2.76. The summed E-state index contributed by atoms with van der Waals surface area (Å²) in [5, 5.41) is 0.155. The van der Waals surface area contributed by atoms with E-state index in [9.17, 15) is 0 Å². The lowest BCUT2D eigenvalue weighted by Crippen LogP contribution is -2.39. The van der Waals surface area contributed by atoms with Crippen LogP contribution < -0.4 is 0 Å². The standard InChI is InChI=1S/C7H12ClN/c1-7(2)6(8)4-5-9(7)3/h4-6H,1-3H3. The predicted molar refractivity (Wildman–Crippen MR) is 40.6 cm³/mol. The normalized spacial score (nSPS) is 31.6. The molecular weight excluding hydrogens is 134 g/mol. The third-order valence-corrected chi connectivity index (χ3v) is 2.74. The van der Waals surface area contributed by atoms with Crippen LogP contribution in [-0.2, 0) is 0 Å². The van der Waals surface area contributed by atoms with E-state index in [4.69, 9.17) is 11.6 Å². The zero-order chi connectivity index (χ0) is 7.07. The minimum absolute atomic E-state index is 0.0988. The van der Waals surface area contributed by atoms with Gasteiger partial charge < -0.3 is 4.90 Å². The van der Waals surface area contributed by atoms with Gasteiger partial charge in [-0.3, -0.25) is 0 Å². The lowest BCUT2D eigenvalue weighted by molar-refractivity contribution is 0.255. The monoisotopic (exact) mass is 145 g/mol. The average Bonchev–Trinajstić information content (AvgIpc) is 1.96. The van der Waals surface area contributed by atoms with E-state index >= 15 is 0 Å². The number of nitrogens with zero attached hydrogens (tertiary/aromatic N) is 1. The Morgan fingerprint density at radius 1 is 1.56 bits per heavy atom. The summed E-state index contributed by atoms with van der Waals surface area (Å²) in [6, 6.07) is 0. The highest BCUT2D eigenvalue weighted by molar-refractivity contribution is 6.22. The van der Waals surface area contributed by atoms with Crippen LogP contribution in [0.3, 0.4) is 0 Å². The Labute approximate surface area is 61.3 Å². The average molecular weight is 146 g/mol. The van der Waals surface area contributed by atoms with Crippen molar-refractivity contribution in [2.45, 2.75) is 24.8 Å². The summed E-state index contributed by atoms with van der Waals surface area (Å²) >= 11 is 5.97. The summed E-state index contributed by atoms with van der Waals surface area (Å²) in [6.45, 7) is 4.26. The van der Waals surface area contributed by atoms with Crippen molar-refractivity contribution in [2.75, 3.05) is 7.05 Å². The van der Waals surface area contributed by atoms with Crippen molar-refractivity contribution in [3.05, 3.63) is 12.3 Å². The summed E-state index contributed by atoms with van der Waals surface area (Å²) in [5.41, 5.74) is 0.0988. The second-order valence-corrected chi connectivity index (χ2v) is 3.48. The Hall–Kier alpha value is -0.170. The summed E-state index contributed by atoms with van der Waals surface area (Å²) < 4.78 is 0. The van der Waals surface area contributed by atoms with Gasteiger partial charge in [0, 0.05) is 7.05 Å². The molecule has 0 aromatic carbocycles. The fourth-order valence-electron chi connectivity index (χ4n) is 0.827. The Morgan fingerprint density at radius 2 is 2.11 bits per heavy atom. The van der Waals surface area contributed by atoms with Crippen molar-refractivity contribution in [1.82, 2.24) is 4.90 Å². The van der Waals surface area contributed by atoms with Crippen LogP contribution in [0.1, 0.15) is 13.8 Å². The molecule has 0 spiro atoms. The number of hydrogen-bond donors (Lipinski definition) is 0. The van der Waals surface area contributed by atoms with Crippen LogP contribution in [0.15, 0.2) is 12.3 Å². The molecule has 52 valence electrons. The molecule has 0 bridgehead atoms. The maximum atomic E-state index is 5.97. The molecule has 1 atom stereocenters. The molecule has 1 rings (SSSR count). The van der Waals surface area contributed by atoms with Gasteiger partial charge >= 0.3 is 0 Å². The van der Waals surface area contributed by atoms with Crippen molar-refractivity contribution >= 4 is 11.6 Å². The van der Waals surface area contributed by atoms with Gasteiger partial charge in [0.05, 0.1) is 10.9 Å². The van der Waals surface area contributed by atoms with Crippen molar-refractivity contribution in [3.63, 3.8) is 0 Å². The molecule has 1 aliphatic rings. The molecule has 0 amide bonds. The Bertz CT molecular complexity index is 126. The van der Waals surface area contributed by atoms with E-state index in [0.29, 0.717) is 0 Å². The van der Waals surface area contributed by atoms with Gasteiger partial charge in [-0.1, -0.05) is 0 Å². The van der Waals surface area contributed by atoms with Crippen LogP contribution in [-0.4, -0.2) is 22.9 Å². The number of rotatable bonds is 0. The van der Waals surface area contributed by atoms with E-state index in [1.54, 1.807) is 0 Å². The van der Waals surface area contributed by atoms with Crippen LogP contribution in [0.4, 0.5) is 0 Å². The van der Waals surface area contributed by atoms with Gasteiger partial charge in [0.25, 0.3) is 0 Å². The zero-order valence-corrected chi connectivity index (χ0v) is 6.81. The first-order valence-electron chi connectivity index (χ1n) is 3.10. The van der Waals surface area contributed by atoms with Gasteiger partial charge in [-0.05, 0) is 26.1 Å². The highest BCUT2D eigenvalue weighted by Crippen LogP contribution is 2.28. The van der Waals surface area contributed by atoms with Crippen molar-refractivity contribution in [1.29, 1.82) is 0 Å². The zero-order valence-electron chi connectivity index (χ0n) is 6.06. The molecule has 1 aliphatic heterocycles. The summed E-state index contributed by atoms with van der Waals surface area (Å²) in [4.78, 5) is 2.13. The van der Waals surface area contributed by atoms with E-state index in [1.165, 1.54) is 0 Å². The van der Waals surface area contributed by atoms with Crippen molar-refractivity contribution in [2.24, 2.45) is 0 Å². The molecule has 0 radical (unpaired) electrons. The van der Waals surface area contributed by atoms with Gasteiger partial charge in [0.1, 0.15) is 0 Å². The van der Waals surface area contributed by atoms with E-state index < -0.39 is 0 Å². The smallest absolute Gasteiger partial charge is 0.0759 e. The quantitative estimate of drug-likeness (QED) is 0.470. The Kier molecular flexibility index (Phi) is 1.47. The van der Waals surface area contributed by atoms with Gasteiger partial charge in [0.15, 0.2) is 0 Å². The summed E-state index contributed by atoms with van der Waals surface area (Å²) in [6.07, 6.45) is 4.04. The van der Waals surface area contributed by atoms with Crippen molar-refractivity contribution < 1.29 is 0 Å². The number of alkyl halides is 1. The predicted octanol–water partition coefficient (Wildman–Crippen LogP) is 1.83. The van der Waals surface area contributed by atoms with E-state index in [-0.39, 0.29) is 10.9 Å². The molecule has 1 heterocycles. The lowest BCUT2D eigenvalue weighted by Gasteiger charge is -2.31. The van der Waals surface area contributed by atoms with Crippen LogP contribution in [0.2, 0.25) is 0 Å². The maximum Gasteiger partial charge on any atom is 0.0759 e. The number of halogens is 1. The van der Waals surface area contributed by atoms with Gasteiger partial charge in [0.2, 0.25) is 0 Å². The molecule has 0 aromatic rings. The van der Waals surface area contributed by atoms with Crippen LogP contribution in [0.5, 0.6) is 0 Å². The maximum absolute atomic E-state index is 5.97. The van der Waals surface area contributed by atoms with Crippen molar-refractivity contribution in [3.8, 4) is 0 Å². The molecule has 0 saturated carbocycles. The molecule has 1 unspecified atom stereocenters. The third kappa shape index (κ3) is 0.940. The molecule has 0 aromatic heterocycles. The fourth-order valence-corrected chi connectivity index (χ4v) is 1.05. The Morgan fingerprint density at radius 3 is 2.22 bits per heavy atom. The minimum Gasteiger partial charge on any atom is -0.374 e. The van der Waals surface area contributed by atoms with Gasteiger partial charge in [-0.25, -0.2) is 0 Å². The van der Waals surface area contributed by atoms with Crippen LogP contribution in [0, 0.1) is 0 Å². The minimum atomic E-state index is 0.0988. The summed E-state index contributed by atoms with van der Waals surface area (Å²) in [7, 11) is 2.04. The second kappa shape index (κ2) is 1.91. The first kappa shape index (κ1) is 6.94. The fraction of sp³-hybridized carbons (Fsp3) is 0.714. The molecule has 2 heteroatoms. The lowest BCUT2D eigenvalue weighted by atomic mass is 10.0. The first-order valence-corrected chi connectivity index (χ1v) is 3.54. The SMILES string of the molecule is CN1C=CC(Cl)C1(C)C. The van der Waals surface area contributed by atoms with Crippen LogP contribution in [0.25, 0.3) is 0 Å². The molecular formula is C7H12ClN. The van der Waals surface area contributed by atoms with E-state index in [2.05, 4.69) is 18.7 Å². The topological polar surface area (TPSA) is 3.24 Å². The van der Waals surface area contributed by atoms with Gasteiger partial charge in [-0.2, -0.15) is 0 Å². The number of hydrogen-bond acceptors (Lipinski definition) is 1. The second-order valence-electron chi connectivity index (χ2n) is 3.01. The van der Waals surface area contributed by atoms with Gasteiger partial charge in [-0.15, -0.1) is 11.6 Å². The molecule has 0 aliphatic carbocycles. The van der Waals surface area contributed by atoms with E-state index in [1.807, 2.05) is 19.3 Å². The first-order chi connectivity index (χ1) is 4.05. The van der Waals surface area contributed by atoms with Crippen LogP contribution >= 0.6 is 11.6 Å². The highest BCUT2D eigenvalue weighted by Gasteiger charge is 2.32. The largest absolute Gasteiger partial charge is 0.374 e.